The molecule has 0 aromatic rings. The molecule has 0 aliphatic heterocycles. The Labute approximate surface area is 88.4 Å². The molecule has 0 unspecified atom stereocenters. The van der Waals surface area contributed by atoms with E-state index in [1.54, 1.807) is 0 Å². The van der Waals surface area contributed by atoms with Crippen LogP contribution in [0.5, 0.6) is 0 Å². The highest BCUT2D eigenvalue weighted by molar-refractivity contribution is 4.48. The first-order chi connectivity index (χ1) is 6.91. The van der Waals surface area contributed by atoms with Gasteiger partial charge in [0.2, 0.25) is 0 Å². The van der Waals surface area contributed by atoms with Gasteiger partial charge in [0.25, 0.3) is 0 Å². The summed E-state index contributed by atoms with van der Waals surface area (Å²) in [6.07, 6.45) is 5.93. The summed E-state index contributed by atoms with van der Waals surface area (Å²) in [7, 11) is 0. The second-order valence-electron chi connectivity index (χ2n) is 3.57. The summed E-state index contributed by atoms with van der Waals surface area (Å²) in [4.78, 5) is 0. The molecule has 3 heteroatoms. The van der Waals surface area contributed by atoms with Crippen LogP contribution in [0.25, 0.3) is 0 Å². The Hall–Kier alpha value is -0.120. The number of hydrogen-bond acceptors (Lipinski definition) is 3. The van der Waals surface area contributed by atoms with Crippen molar-refractivity contribution in [3.8, 4) is 0 Å². The normalized spacial score (nSPS) is 10.7. The molecule has 0 saturated carbocycles. The summed E-state index contributed by atoms with van der Waals surface area (Å²) in [6, 6.07) is 0. The highest BCUT2D eigenvalue weighted by atomic mass is 16.5. The van der Waals surface area contributed by atoms with Crippen LogP contribution >= 0.6 is 0 Å². The molecule has 3 N–H and O–H groups in total. The van der Waals surface area contributed by atoms with Crippen molar-refractivity contribution in [2.45, 2.75) is 39.0 Å². The predicted octanol–water partition coefficient (Wildman–Crippen LogP) is 1.52. The van der Waals surface area contributed by atoms with Gasteiger partial charge in [-0.1, -0.05) is 19.8 Å². The third-order valence-electron chi connectivity index (χ3n) is 2.09. The molecule has 0 radical (unpaired) electrons. The van der Waals surface area contributed by atoms with Crippen LogP contribution in [0, 0.1) is 0 Å². The van der Waals surface area contributed by atoms with E-state index < -0.39 is 0 Å². The van der Waals surface area contributed by atoms with Gasteiger partial charge in [-0.3, -0.25) is 0 Å². The molecule has 0 saturated heterocycles. The minimum atomic E-state index is 0.778. The van der Waals surface area contributed by atoms with Crippen molar-refractivity contribution in [2.24, 2.45) is 5.73 Å². The third-order valence-corrected chi connectivity index (χ3v) is 2.09. The summed E-state index contributed by atoms with van der Waals surface area (Å²) in [5.74, 6) is 0. The lowest BCUT2D eigenvalue weighted by atomic mass is 10.3. The number of nitrogens with one attached hydrogen (secondary N) is 1. The molecular weight excluding hydrogens is 176 g/mol. The van der Waals surface area contributed by atoms with E-state index in [2.05, 4.69) is 12.2 Å². The molecule has 0 aliphatic carbocycles. The summed E-state index contributed by atoms with van der Waals surface area (Å²) in [5, 5.41) is 3.33. The van der Waals surface area contributed by atoms with E-state index >= 15 is 0 Å². The van der Waals surface area contributed by atoms with E-state index in [-0.39, 0.29) is 0 Å². The van der Waals surface area contributed by atoms with Crippen LogP contribution in [0.3, 0.4) is 0 Å². The Balaban J connectivity index is 2.78. The highest BCUT2D eigenvalue weighted by Crippen LogP contribution is 1.94. The molecule has 0 aromatic carbocycles. The van der Waals surface area contributed by atoms with Crippen LogP contribution in [0.1, 0.15) is 39.0 Å². The zero-order valence-corrected chi connectivity index (χ0v) is 9.56. The van der Waals surface area contributed by atoms with Gasteiger partial charge >= 0.3 is 0 Å². The Morgan fingerprint density at radius 3 is 2.43 bits per heavy atom. The standard InChI is InChI=1S/C11H26N2O/c1-2-3-4-10-14-11-6-9-13-8-5-7-12/h13H,2-12H2,1H3. The van der Waals surface area contributed by atoms with Crippen molar-refractivity contribution in [3.63, 3.8) is 0 Å². The molecule has 14 heavy (non-hydrogen) atoms. The van der Waals surface area contributed by atoms with Gasteiger partial charge in [0.05, 0.1) is 0 Å². The number of unbranched alkanes of at least 4 members (excludes halogenated alkanes) is 2. The fourth-order valence-corrected chi connectivity index (χ4v) is 1.21. The van der Waals surface area contributed by atoms with Crippen LogP contribution < -0.4 is 11.1 Å². The molecule has 0 atom stereocenters. The average Bonchev–Trinajstić information content (AvgIpc) is 2.21. The molecule has 0 spiro atoms. The number of hydrogen-bond donors (Lipinski definition) is 2. The monoisotopic (exact) mass is 202 g/mol. The molecule has 0 aliphatic rings. The predicted molar refractivity (Wildman–Crippen MR) is 61.5 cm³/mol. The zero-order valence-electron chi connectivity index (χ0n) is 9.56. The van der Waals surface area contributed by atoms with Crippen LogP contribution in [0.2, 0.25) is 0 Å². The lowest BCUT2D eigenvalue weighted by Crippen LogP contribution is -2.20. The first-order valence-corrected chi connectivity index (χ1v) is 5.90. The molecule has 0 aromatic heterocycles. The second-order valence-corrected chi connectivity index (χ2v) is 3.57. The molecule has 0 bridgehead atoms. The largest absolute Gasteiger partial charge is 0.381 e. The van der Waals surface area contributed by atoms with Crippen LogP contribution in [0.15, 0.2) is 0 Å². The van der Waals surface area contributed by atoms with Crippen molar-refractivity contribution in [1.29, 1.82) is 0 Å². The average molecular weight is 202 g/mol. The van der Waals surface area contributed by atoms with E-state index in [0.717, 1.165) is 45.7 Å². The summed E-state index contributed by atoms with van der Waals surface area (Å²) < 4.78 is 5.48. The van der Waals surface area contributed by atoms with Gasteiger partial charge in [0.15, 0.2) is 0 Å². The van der Waals surface area contributed by atoms with E-state index in [1.807, 2.05) is 0 Å². The lowest BCUT2D eigenvalue weighted by molar-refractivity contribution is 0.128. The molecule has 0 amide bonds. The minimum absolute atomic E-state index is 0.778. The van der Waals surface area contributed by atoms with Crippen molar-refractivity contribution in [3.05, 3.63) is 0 Å². The van der Waals surface area contributed by atoms with Crippen molar-refractivity contribution >= 4 is 0 Å². The smallest absolute Gasteiger partial charge is 0.0478 e. The number of nitrogens with two attached hydrogens (primary N) is 1. The lowest BCUT2D eigenvalue weighted by Gasteiger charge is -2.05. The summed E-state index contributed by atoms with van der Waals surface area (Å²) in [5.41, 5.74) is 5.37. The van der Waals surface area contributed by atoms with E-state index in [4.69, 9.17) is 10.5 Å². The maximum absolute atomic E-state index is 5.48. The minimum Gasteiger partial charge on any atom is -0.381 e. The fraction of sp³-hybridized carbons (Fsp3) is 1.00. The van der Waals surface area contributed by atoms with Gasteiger partial charge < -0.3 is 15.8 Å². The molecule has 3 nitrogen and oxygen atoms in total. The van der Waals surface area contributed by atoms with Gasteiger partial charge in [0.1, 0.15) is 0 Å². The van der Waals surface area contributed by atoms with Gasteiger partial charge in [-0.25, -0.2) is 0 Å². The maximum atomic E-state index is 5.48. The van der Waals surface area contributed by atoms with Crippen LogP contribution in [-0.4, -0.2) is 32.8 Å². The molecule has 0 fully saturated rings. The topological polar surface area (TPSA) is 47.3 Å². The Kier molecular flexibility index (Phi) is 12.8. The summed E-state index contributed by atoms with van der Waals surface area (Å²) >= 11 is 0. The van der Waals surface area contributed by atoms with Crippen LogP contribution in [-0.2, 0) is 4.74 Å². The van der Waals surface area contributed by atoms with Crippen molar-refractivity contribution < 1.29 is 4.74 Å². The fourth-order valence-electron chi connectivity index (χ4n) is 1.21. The zero-order chi connectivity index (χ0) is 10.5. The molecule has 0 heterocycles. The van der Waals surface area contributed by atoms with Gasteiger partial charge in [-0.2, -0.15) is 0 Å². The Morgan fingerprint density at radius 1 is 1.00 bits per heavy atom. The SMILES string of the molecule is CCCCCOCCCNCCCN. The first-order valence-electron chi connectivity index (χ1n) is 5.90. The number of rotatable bonds is 11. The molecular formula is C11H26N2O. The number of ether oxygens (including phenoxy) is 1. The Morgan fingerprint density at radius 2 is 1.71 bits per heavy atom. The van der Waals surface area contributed by atoms with Gasteiger partial charge in [-0.05, 0) is 38.9 Å². The van der Waals surface area contributed by atoms with Crippen molar-refractivity contribution in [2.75, 3.05) is 32.8 Å². The Bertz CT molecular complexity index is 87.3. The third kappa shape index (κ3) is 11.9. The molecule has 0 rings (SSSR count). The van der Waals surface area contributed by atoms with Crippen LogP contribution in [0.4, 0.5) is 0 Å². The van der Waals surface area contributed by atoms with Gasteiger partial charge in [0, 0.05) is 13.2 Å². The van der Waals surface area contributed by atoms with E-state index in [9.17, 15) is 0 Å². The molecule has 86 valence electrons. The summed E-state index contributed by atoms with van der Waals surface area (Å²) in [6.45, 7) is 6.89. The van der Waals surface area contributed by atoms with Gasteiger partial charge in [-0.15, -0.1) is 0 Å². The first kappa shape index (κ1) is 13.9. The maximum Gasteiger partial charge on any atom is 0.0478 e. The highest BCUT2D eigenvalue weighted by Gasteiger charge is 1.90. The second kappa shape index (κ2) is 12.9. The van der Waals surface area contributed by atoms with E-state index in [1.165, 1.54) is 19.3 Å². The quantitative estimate of drug-likeness (QED) is 0.499. The van der Waals surface area contributed by atoms with E-state index in [0.29, 0.717) is 0 Å². The van der Waals surface area contributed by atoms with Crippen molar-refractivity contribution in [1.82, 2.24) is 5.32 Å².